The molecular weight excluding hydrogens is 257 g/mol. The van der Waals surface area contributed by atoms with Crippen LogP contribution in [0.5, 0.6) is 11.5 Å². The van der Waals surface area contributed by atoms with Crippen LogP contribution in [0, 0.1) is 5.82 Å². The maximum atomic E-state index is 13.2. The molecule has 2 aromatic carbocycles. The van der Waals surface area contributed by atoms with Crippen molar-refractivity contribution < 1.29 is 14.2 Å². The topological polar surface area (TPSA) is 41.5 Å². The second kappa shape index (κ2) is 6.39. The van der Waals surface area contributed by atoms with E-state index in [9.17, 15) is 9.50 Å². The summed E-state index contributed by atoms with van der Waals surface area (Å²) in [5.41, 5.74) is 1.55. The van der Waals surface area contributed by atoms with Crippen LogP contribution in [0.2, 0.25) is 0 Å². The number of methoxy groups -OCH3 is 1. The average Bonchev–Trinajstić information content (AvgIpc) is 2.47. The molecule has 0 saturated carbocycles. The summed E-state index contributed by atoms with van der Waals surface area (Å²) < 4.78 is 18.5. The fraction of sp³-hybridized carbons (Fsp3) is 0.250. The maximum absolute atomic E-state index is 13.2. The molecule has 2 aromatic rings. The van der Waals surface area contributed by atoms with Crippen LogP contribution in [0.1, 0.15) is 24.1 Å². The Morgan fingerprint density at radius 3 is 2.75 bits per heavy atom. The number of aromatic hydroxyl groups is 1. The second-order valence-corrected chi connectivity index (χ2v) is 4.62. The molecule has 0 aromatic heterocycles. The number of phenolic OH excluding ortho intramolecular Hbond substituents is 1. The predicted molar refractivity (Wildman–Crippen MR) is 76.3 cm³/mol. The first-order valence-corrected chi connectivity index (χ1v) is 6.45. The SMILES string of the molecule is COc1ccccc1[C@H](C)NCc1cc(F)ccc1O. The largest absolute Gasteiger partial charge is 0.508 e. The van der Waals surface area contributed by atoms with Crippen LogP contribution in [-0.2, 0) is 6.54 Å². The minimum Gasteiger partial charge on any atom is -0.508 e. The molecular formula is C16H18FNO2. The third-order valence-corrected chi connectivity index (χ3v) is 3.25. The Labute approximate surface area is 118 Å². The van der Waals surface area contributed by atoms with Crippen molar-refractivity contribution in [1.29, 1.82) is 0 Å². The highest BCUT2D eigenvalue weighted by molar-refractivity contribution is 5.36. The van der Waals surface area contributed by atoms with Gasteiger partial charge in [-0.25, -0.2) is 4.39 Å². The lowest BCUT2D eigenvalue weighted by atomic mass is 10.1. The van der Waals surface area contributed by atoms with Gasteiger partial charge in [-0.3, -0.25) is 0 Å². The van der Waals surface area contributed by atoms with Crippen LogP contribution in [0.4, 0.5) is 4.39 Å². The van der Waals surface area contributed by atoms with Crippen LogP contribution < -0.4 is 10.1 Å². The van der Waals surface area contributed by atoms with Crippen LogP contribution in [-0.4, -0.2) is 12.2 Å². The summed E-state index contributed by atoms with van der Waals surface area (Å²) in [6.45, 7) is 2.37. The van der Waals surface area contributed by atoms with Gasteiger partial charge in [-0.1, -0.05) is 18.2 Å². The minimum absolute atomic E-state index is 0.0221. The molecule has 0 spiro atoms. The summed E-state index contributed by atoms with van der Waals surface area (Å²) in [7, 11) is 1.63. The average molecular weight is 275 g/mol. The van der Waals surface area contributed by atoms with Gasteiger partial charge in [0.2, 0.25) is 0 Å². The molecule has 0 unspecified atom stereocenters. The van der Waals surface area contributed by atoms with Crippen molar-refractivity contribution in [3.63, 3.8) is 0 Å². The first-order valence-electron chi connectivity index (χ1n) is 6.45. The van der Waals surface area contributed by atoms with E-state index >= 15 is 0 Å². The molecule has 0 bridgehead atoms. The van der Waals surface area contributed by atoms with Crippen molar-refractivity contribution in [1.82, 2.24) is 5.32 Å². The van der Waals surface area contributed by atoms with Crippen LogP contribution in [0.3, 0.4) is 0 Å². The van der Waals surface area contributed by atoms with Crippen LogP contribution >= 0.6 is 0 Å². The summed E-state index contributed by atoms with van der Waals surface area (Å²) in [5, 5.41) is 12.9. The number of ether oxygens (including phenoxy) is 1. The fourth-order valence-corrected chi connectivity index (χ4v) is 2.09. The standard InChI is InChI=1S/C16H18FNO2/c1-11(14-5-3-4-6-16(14)20-2)18-10-12-9-13(17)7-8-15(12)19/h3-9,11,18-19H,10H2,1-2H3/t11-/m0/s1. The lowest BCUT2D eigenvalue weighted by Crippen LogP contribution is -2.18. The predicted octanol–water partition coefficient (Wildman–Crippen LogP) is 3.39. The number of nitrogens with one attached hydrogen (secondary N) is 1. The summed E-state index contributed by atoms with van der Waals surface area (Å²) in [4.78, 5) is 0. The third kappa shape index (κ3) is 3.27. The number of hydrogen-bond acceptors (Lipinski definition) is 3. The van der Waals surface area contributed by atoms with Crippen molar-refractivity contribution in [2.45, 2.75) is 19.5 Å². The molecule has 0 amide bonds. The van der Waals surface area contributed by atoms with Crippen molar-refractivity contribution >= 4 is 0 Å². The first-order chi connectivity index (χ1) is 9.61. The van der Waals surface area contributed by atoms with E-state index in [0.29, 0.717) is 12.1 Å². The Bertz CT molecular complexity index is 586. The summed E-state index contributed by atoms with van der Waals surface area (Å²) in [6, 6.07) is 11.7. The Morgan fingerprint density at radius 2 is 2.00 bits per heavy atom. The van der Waals surface area contributed by atoms with Gasteiger partial charge in [-0.15, -0.1) is 0 Å². The zero-order valence-corrected chi connectivity index (χ0v) is 11.6. The van der Waals surface area contributed by atoms with Gasteiger partial charge in [0.15, 0.2) is 0 Å². The lowest BCUT2D eigenvalue weighted by molar-refractivity contribution is 0.400. The van der Waals surface area contributed by atoms with Crippen molar-refractivity contribution in [2.24, 2.45) is 0 Å². The highest BCUT2D eigenvalue weighted by atomic mass is 19.1. The molecule has 0 fully saturated rings. The van der Waals surface area contributed by atoms with E-state index in [-0.39, 0.29) is 17.6 Å². The summed E-state index contributed by atoms with van der Waals surface area (Å²) in [6.07, 6.45) is 0. The zero-order chi connectivity index (χ0) is 14.5. The van der Waals surface area contributed by atoms with E-state index in [2.05, 4.69) is 5.32 Å². The Hall–Kier alpha value is -2.07. The van der Waals surface area contributed by atoms with Gasteiger partial charge in [0.25, 0.3) is 0 Å². The van der Waals surface area contributed by atoms with E-state index in [1.807, 2.05) is 31.2 Å². The van der Waals surface area contributed by atoms with E-state index < -0.39 is 0 Å². The number of phenols is 1. The Kier molecular flexibility index (Phi) is 4.58. The van der Waals surface area contributed by atoms with Gasteiger partial charge in [-0.2, -0.15) is 0 Å². The molecule has 0 aliphatic rings. The van der Waals surface area contributed by atoms with Gasteiger partial charge < -0.3 is 15.2 Å². The first kappa shape index (κ1) is 14.3. The van der Waals surface area contributed by atoms with E-state index in [4.69, 9.17) is 4.74 Å². The van der Waals surface area contributed by atoms with Crippen LogP contribution in [0.15, 0.2) is 42.5 Å². The molecule has 1 atom stereocenters. The van der Waals surface area contributed by atoms with Gasteiger partial charge in [-0.05, 0) is 31.2 Å². The monoisotopic (exact) mass is 275 g/mol. The molecule has 4 heteroatoms. The number of para-hydroxylation sites is 1. The Morgan fingerprint density at radius 1 is 1.25 bits per heavy atom. The molecule has 2 N–H and O–H groups in total. The number of halogens is 1. The zero-order valence-electron chi connectivity index (χ0n) is 11.6. The fourth-order valence-electron chi connectivity index (χ4n) is 2.09. The van der Waals surface area contributed by atoms with Gasteiger partial charge in [0, 0.05) is 23.7 Å². The molecule has 106 valence electrons. The molecule has 2 rings (SSSR count). The summed E-state index contributed by atoms with van der Waals surface area (Å²) in [5.74, 6) is 0.534. The van der Waals surface area contributed by atoms with Crippen molar-refractivity contribution in [3.8, 4) is 11.5 Å². The number of rotatable bonds is 5. The molecule has 0 saturated heterocycles. The Balaban J connectivity index is 2.08. The van der Waals surface area contributed by atoms with Gasteiger partial charge >= 0.3 is 0 Å². The maximum Gasteiger partial charge on any atom is 0.123 e. The second-order valence-electron chi connectivity index (χ2n) is 4.62. The quantitative estimate of drug-likeness (QED) is 0.879. The van der Waals surface area contributed by atoms with Crippen LogP contribution in [0.25, 0.3) is 0 Å². The third-order valence-electron chi connectivity index (χ3n) is 3.25. The van der Waals surface area contributed by atoms with Gasteiger partial charge in [0.05, 0.1) is 7.11 Å². The van der Waals surface area contributed by atoms with Crippen molar-refractivity contribution in [3.05, 3.63) is 59.4 Å². The molecule has 0 heterocycles. The number of hydrogen-bond donors (Lipinski definition) is 2. The smallest absolute Gasteiger partial charge is 0.123 e. The van der Waals surface area contributed by atoms with Crippen molar-refractivity contribution in [2.75, 3.05) is 7.11 Å². The summed E-state index contributed by atoms with van der Waals surface area (Å²) >= 11 is 0. The van der Waals surface area contributed by atoms with E-state index in [0.717, 1.165) is 11.3 Å². The lowest BCUT2D eigenvalue weighted by Gasteiger charge is -2.17. The van der Waals surface area contributed by atoms with Gasteiger partial charge in [0.1, 0.15) is 17.3 Å². The highest BCUT2D eigenvalue weighted by Crippen LogP contribution is 2.25. The molecule has 3 nitrogen and oxygen atoms in total. The van der Waals surface area contributed by atoms with E-state index in [1.54, 1.807) is 7.11 Å². The molecule has 20 heavy (non-hydrogen) atoms. The normalized spacial score (nSPS) is 12.2. The number of benzene rings is 2. The molecule has 0 aliphatic carbocycles. The highest BCUT2D eigenvalue weighted by Gasteiger charge is 2.11. The minimum atomic E-state index is -0.357. The molecule has 0 aliphatic heterocycles. The van der Waals surface area contributed by atoms with E-state index in [1.165, 1.54) is 18.2 Å². The molecule has 0 radical (unpaired) electrons.